The number of benzene rings is 1. The second kappa shape index (κ2) is 11.4. The van der Waals surface area contributed by atoms with Gasteiger partial charge in [0.15, 0.2) is 17.0 Å². The molecule has 2 aliphatic carbocycles. The summed E-state index contributed by atoms with van der Waals surface area (Å²) in [5.74, 6) is 1.45. The van der Waals surface area contributed by atoms with Crippen LogP contribution in [0.2, 0.25) is 0 Å². The van der Waals surface area contributed by atoms with Gasteiger partial charge in [-0.25, -0.2) is 9.78 Å². The maximum atomic E-state index is 12.9. The smallest absolute Gasteiger partial charge is 0.321 e. The van der Waals surface area contributed by atoms with Crippen molar-refractivity contribution in [2.45, 2.75) is 95.3 Å². The lowest BCUT2D eigenvalue weighted by atomic mass is 9.92. The van der Waals surface area contributed by atoms with Gasteiger partial charge in [-0.2, -0.15) is 9.97 Å². The molecule has 1 aromatic carbocycles. The van der Waals surface area contributed by atoms with Crippen LogP contribution >= 0.6 is 0 Å². The van der Waals surface area contributed by atoms with Crippen molar-refractivity contribution in [2.24, 2.45) is 5.73 Å². The van der Waals surface area contributed by atoms with E-state index in [1.165, 1.54) is 25.7 Å². The summed E-state index contributed by atoms with van der Waals surface area (Å²) < 4.78 is 2.26. The van der Waals surface area contributed by atoms with Gasteiger partial charge >= 0.3 is 6.03 Å². The van der Waals surface area contributed by atoms with Crippen LogP contribution in [0.25, 0.3) is 11.2 Å². The number of hydrogen-bond acceptors (Lipinski definition) is 7. The van der Waals surface area contributed by atoms with E-state index in [0.29, 0.717) is 37.2 Å². The number of piperidine rings is 1. The molecule has 10 heteroatoms. The van der Waals surface area contributed by atoms with Crippen LogP contribution in [0.1, 0.15) is 75.8 Å². The number of nitrogens with zero attached hydrogens (tertiary/aromatic N) is 5. The Balaban J connectivity index is 1.16. The minimum atomic E-state index is -0.0406. The summed E-state index contributed by atoms with van der Waals surface area (Å²) in [5, 5.41) is 10.4. The number of para-hydroxylation sites is 1. The highest BCUT2D eigenvalue weighted by Gasteiger charge is 2.27. The average Bonchev–Trinajstić information content (AvgIpc) is 3.62. The summed E-state index contributed by atoms with van der Waals surface area (Å²) in [4.78, 5) is 29.5. The molecule has 208 valence electrons. The normalized spacial score (nSPS) is 22.8. The number of imidazole rings is 1. The first-order chi connectivity index (χ1) is 19.0. The molecule has 2 amide bonds. The molecule has 0 unspecified atom stereocenters. The van der Waals surface area contributed by atoms with Crippen LogP contribution in [0.5, 0.6) is 0 Å². The number of hydrogen-bond donors (Lipinski definition) is 4. The fourth-order valence-electron chi connectivity index (χ4n) is 6.31. The zero-order valence-electron chi connectivity index (χ0n) is 22.9. The lowest BCUT2D eigenvalue weighted by Gasteiger charge is -2.33. The molecule has 1 saturated heterocycles. The number of nitrogens with one attached hydrogen (secondary N) is 3. The number of amides is 2. The van der Waals surface area contributed by atoms with E-state index >= 15 is 0 Å². The third-order valence-electron chi connectivity index (χ3n) is 8.75. The van der Waals surface area contributed by atoms with Crippen LogP contribution in [-0.4, -0.2) is 61.7 Å². The Kier molecular flexibility index (Phi) is 7.54. The maximum Gasteiger partial charge on any atom is 0.321 e. The Morgan fingerprint density at radius 3 is 2.38 bits per heavy atom. The second-order valence-corrected chi connectivity index (χ2v) is 11.6. The van der Waals surface area contributed by atoms with Crippen LogP contribution < -0.4 is 21.7 Å². The summed E-state index contributed by atoms with van der Waals surface area (Å²) in [6, 6.07) is 9.15. The number of likely N-dealkylation sites (tertiary alicyclic amines) is 1. The highest BCUT2D eigenvalue weighted by molar-refractivity contribution is 5.90. The third-order valence-corrected chi connectivity index (χ3v) is 8.75. The number of carbonyl (C=O) groups is 1. The maximum absolute atomic E-state index is 12.9. The number of carbonyl (C=O) groups excluding carboxylic acids is 1. The highest BCUT2D eigenvalue weighted by Crippen LogP contribution is 2.34. The Bertz CT molecular complexity index is 1290. The summed E-state index contributed by atoms with van der Waals surface area (Å²) in [6.45, 7) is 3.38. The number of fused-ring (bicyclic) bond motifs is 1. The predicted octanol–water partition coefficient (Wildman–Crippen LogP) is 5.04. The molecule has 0 atom stereocenters. The second-order valence-electron chi connectivity index (χ2n) is 11.6. The van der Waals surface area contributed by atoms with Gasteiger partial charge in [-0.15, -0.1) is 0 Å². The first-order valence-electron chi connectivity index (χ1n) is 14.7. The van der Waals surface area contributed by atoms with Crippen molar-refractivity contribution in [1.29, 1.82) is 0 Å². The molecule has 0 radical (unpaired) electrons. The van der Waals surface area contributed by atoms with Crippen LogP contribution in [0.3, 0.4) is 0 Å². The van der Waals surface area contributed by atoms with Crippen molar-refractivity contribution in [3.05, 3.63) is 36.2 Å². The number of rotatable bonds is 6. The molecule has 3 aliphatic rings. The topological polar surface area (TPSA) is 126 Å². The third kappa shape index (κ3) is 5.80. The van der Waals surface area contributed by atoms with E-state index in [0.717, 1.165) is 66.8 Å². The van der Waals surface area contributed by atoms with E-state index < -0.39 is 0 Å². The van der Waals surface area contributed by atoms with E-state index in [9.17, 15) is 4.79 Å². The molecule has 0 bridgehead atoms. The summed E-state index contributed by atoms with van der Waals surface area (Å²) in [5.41, 5.74) is 9.80. The van der Waals surface area contributed by atoms with Gasteiger partial charge in [0.05, 0.1) is 6.33 Å². The molecule has 3 aromatic rings. The van der Waals surface area contributed by atoms with Gasteiger partial charge < -0.3 is 31.2 Å². The van der Waals surface area contributed by atoms with Crippen molar-refractivity contribution in [2.75, 3.05) is 29.0 Å². The van der Waals surface area contributed by atoms with Crippen molar-refractivity contribution < 1.29 is 4.79 Å². The molecule has 1 aliphatic heterocycles. The van der Waals surface area contributed by atoms with Crippen molar-refractivity contribution in [3.63, 3.8) is 0 Å². The number of aromatic nitrogens is 4. The molecule has 2 saturated carbocycles. The first-order valence-corrected chi connectivity index (χ1v) is 14.7. The molecule has 6 rings (SSSR count). The zero-order valence-corrected chi connectivity index (χ0v) is 22.9. The number of aryl methyl sites for hydroxylation is 1. The number of urea groups is 1. The summed E-state index contributed by atoms with van der Waals surface area (Å²) in [6.07, 6.45) is 12.6. The standard InChI is InChI=1S/C29H41N9O/c1-19-6-2-5-9-24(19)34-29(39)37-16-14-22(15-17-37)32-26-25-27(38(18-31-25)23-7-3-4-8-23)36-28(35-26)33-21-12-10-20(30)11-13-21/h2,5-6,9,18,20-23H,3-4,7-8,10-17,30H2,1H3,(H,34,39)(H2,32,33,35,36). The lowest BCUT2D eigenvalue weighted by molar-refractivity contribution is 0.197. The number of nitrogens with two attached hydrogens (primary N) is 1. The van der Waals surface area contributed by atoms with Crippen LogP contribution in [0, 0.1) is 6.92 Å². The van der Waals surface area contributed by atoms with E-state index in [1.54, 1.807) is 0 Å². The van der Waals surface area contributed by atoms with E-state index in [-0.39, 0.29) is 12.1 Å². The van der Waals surface area contributed by atoms with Crippen molar-refractivity contribution >= 4 is 34.6 Å². The predicted molar refractivity (Wildman–Crippen MR) is 155 cm³/mol. The van der Waals surface area contributed by atoms with Gasteiger partial charge in [0.1, 0.15) is 0 Å². The molecule has 0 spiro atoms. The number of anilines is 3. The van der Waals surface area contributed by atoms with Crippen molar-refractivity contribution in [1.82, 2.24) is 24.4 Å². The Morgan fingerprint density at radius 1 is 0.923 bits per heavy atom. The Morgan fingerprint density at radius 2 is 1.64 bits per heavy atom. The fourth-order valence-corrected chi connectivity index (χ4v) is 6.31. The molecule has 3 heterocycles. The average molecular weight is 532 g/mol. The van der Waals surface area contributed by atoms with Gasteiger partial charge in [0, 0.05) is 42.9 Å². The van der Waals surface area contributed by atoms with Gasteiger partial charge in [0.2, 0.25) is 5.95 Å². The van der Waals surface area contributed by atoms with Crippen LogP contribution in [0.4, 0.5) is 22.2 Å². The van der Waals surface area contributed by atoms with Gasteiger partial charge in [-0.1, -0.05) is 31.0 Å². The van der Waals surface area contributed by atoms with E-state index in [4.69, 9.17) is 20.7 Å². The molecule has 2 aromatic heterocycles. The molecule has 3 fully saturated rings. The Labute approximate surface area is 230 Å². The quantitative estimate of drug-likeness (QED) is 0.351. The van der Waals surface area contributed by atoms with Crippen molar-refractivity contribution in [3.8, 4) is 0 Å². The largest absolute Gasteiger partial charge is 0.365 e. The van der Waals surface area contributed by atoms with Gasteiger partial charge in [-0.3, -0.25) is 0 Å². The minimum Gasteiger partial charge on any atom is -0.365 e. The summed E-state index contributed by atoms with van der Waals surface area (Å²) >= 11 is 0. The monoisotopic (exact) mass is 531 g/mol. The molecule has 5 N–H and O–H groups in total. The molecule has 10 nitrogen and oxygen atoms in total. The fraction of sp³-hybridized carbons (Fsp3) is 0.586. The molecular formula is C29H41N9O. The van der Waals surface area contributed by atoms with E-state index in [1.807, 2.05) is 42.4 Å². The van der Waals surface area contributed by atoms with Gasteiger partial charge in [-0.05, 0) is 69.9 Å². The zero-order chi connectivity index (χ0) is 26.8. The molecule has 39 heavy (non-hydrogen) atoms. The highest BCUT2D eigenvalue weighted by atomic mass is 16.2. The SMILES string of the molecule is Cc1ccccc1NC(=O)N1CCC(Nc2nc(NC3CCC(N)CC3)nc3c2ncn3C2CCCC2)CC1. The van der Waals surface area contributed by atoms with Gasteiger partial charge in [0.25, 0.3) is 0 Å². The first kappa shape index (κ1) is 25.9. The summed E-state index contributed by atoms with van der Waals surface area (Å²) in [7, 11) is 0. The minimum absolute atomic E-state index is 0.0406. The Hall–Kier alpha value is -3.40. The lowest BCUT2D eigenvalue weighted by Crippen LogP contribution is -2.44. The van der Waals surface area contributed by atoms with Crippen LogP contribution in [0.15, 0.2) is 30.6 Å². The molecular weight excluding hydrogens is 490 g/mol. The van der Waals surface area contributed by atoms with E-state index in [2.05, 4.69) is 20.5 Å². The van der Waals surface area contributed by atoms with Crippen LogP contribution in [-0.2, 0) is 0 Å².